The highest BCUT2D eigenvalue weighted by molar-refractivity contribution is 5.25. The van der Waals surface area contributed by atoms with E-state index in [2.05, 4.69) is 0 Å². The van der Waals surface area contributed by atoms with E-state index in [0.717, 1.165) is 12.1 Å². The molecule has 0 amide bonds. The van der Waals surface area contributed by atoms with Crippen LogP contribution in [0.3, 0.4) is 0 Å². The van der Waals surface area contributed by atoms with Crippen molar-refractivity contribution in [2.45, 2.75) is 6.29 Å². The van der Waals surface area contributed by atoms with E-state index in [0.29, 0.717) is 0 Å². The van der Waals surface area contributed by atoms with Gasteiger partial charge in [0.2, 0.25) is 0 Å². The van der Waals surface area contributed by atoms with Crippen molar-refractivity contribution < 1.29 is 23.0 Å². The summed E-state index contributed by atoms with van der Waals surface area (Å²) in [6.45, 7) is -0.0785. The van der Waals surface area contributed by atoms with Gasteiger partial charge in [-0.1, -0.05) is 6.07 Å². The molecular formula is C10H12F2O3. The Morgan fingerprint density at radius 2 is 1.67 bits per heavy atom. The van der Waals surface area contributed by atoms with Crippen LogP contribution in [0.2, 0.25) is 0 Å². The monoisotopic (exact) mass is 218 g/mol. The van der Waals surface area contributed by atoms with Crippen molar-refractivity contribution in [2.75, 3.05) is 20.8 Å². The number of hydrogen-bond acceptors (Lipinski definition) is 3. The average Bonchev–Trinajstić information content (AvgIpc) is 2.23. The number of rotatable bonds is 5. The van der Waals surface area contributed by atoms with Crippen molar-refractivity contribution >= 4 is 0 Å². The third-order valence-corrected chi connectivity index (χ3v) is 1.81. The molecule has 0 N–H and O–H groups in total. The first-order chi connectivity index (χ1) is 7.19. The first-order valence-corrected chi connectivity index (χ1v) is 4.31. The van der Waals surface area contributed by atoms with E-state index in [1.807, 2.05) is 0 Å². The Hall–Kier alpha value is -1.20. The van der Waals surface area contributed by atoms with E-state index < -0.39 is 23.7 Å². The van der Waals surface area contributed by atoms with E-state index in [-0.39, 0.29) is 6.61 Å². The van der Waals surface area contributed by atoms with Crippen LogP contribution in [0.5, 0.6) is 5.75 Å². The summed E-state index contributed by atoms with van der Waals surface area (Å²) in [7, 11) is 2.82. The third-order valence-electron chi connectivity index (χ3n) is 1.81. The topological polar surface area (TPSA) is 27.7 Å². The molecule has 1 aromatic carbocycles. The van der Waals surface area contributed by atoms with Gasteiger partial charge in [0, 0.05) is 14.2 Å². The van der Waals surface area contributed by atoms with Crippen molar-refractivity contribution in [3.63, 3.8) is 0 Å². The van der Waals surface area contributed by atoms with Crippen LogP contribution in [0.4, 0.5) is 8.78 Å². The highest BCUT2D eigenvalue weighted by Gasteiger charge is 2.12. The van der Waals surface area contributed by atoms with Gasteiger partial charge in [-0.3, -0.25) is 0 Å². The van der Waals surface area contributed by atoms with E-state index in [4.69, 9.17) is 14.2 Å². The fraction of sp³-hybridized carbons (Fsp3) is 0.400. The van der Waals surface area contributed by atoms with E-state index in [1.54, 1.807) is 0 Å². The number of benzene rings is 1. The summed E-state index contributed by atoms with van der Waals surface area (Å²) in [6, 6.07) is 3.50. The highest BCUT2D eigenvalue weighted by atomic mass is 19.1. The molecule has 0 fully saturated rings. The molecule has 1 aromatic rings. The molecule has 0 aromatic heterocycles. The van der Waals surface area contributed by atoms with Crippen LogP contribution in [0, 0.1) is 11.6 Å². The molecule has 0 unspecified atom stereocenters. The molecule has 0 aliphatic heterocycles. The summed E-state index contributed by atoms with van der Waals surface area (Å²) in [5.74, 6) is -1.92. The zero-order valence-electron chi connectivity index (χ0n) is 8.50. The maximum absolute atomic E-state index is 13.1. The summed E-state index contributed by atoms with van der Waals surface area (Å²) in [5, 5.41) is 0. The average molecular weight is 218 g/mol. The lowest BCUT2D eigenvalue weighted by Crippen LogP contribution is -2.22. The molecule has 1 rings (SSSR count). The Morgan fingerprint density at radius 3 is 2.13 bits per heavy atom. The van der Waals surface area contributed by atoms with Crippen LogP contribution in [-0.4, -0.2) is 27.1 Å². The predicted molar refractivity (Wildman–Crippen MR) is 49.7 cm³/mol. The first kappa shape index (κ1) is 11.9. The van der Waals surface area contributed by atoms with Crippen LogP contribution in [0.25, 0.3) is 0 Å². The largest absolute Gasteiger partial charge is 0.482 e. The van der Waals surface area contributed by atoms with Crippen molar-refractivity contribution in [2.24, 2.45) is 0 Å². The molecule has 0 aliphatic carbocycles. The second-order valence-corrected chi connectivity index (χ2v) is 2.76. The van der Waals surface area contributed by atoms with E-state index in [9.17, 15) is 8.78 Å². The maximum atomic E-state index is 13.1. The van der Waals surface area contributed by atoms with Gasteiger partial charge in [0.1, 0.15) is 6.61 Å². The van der Waals surface area contributed by atoms with Crippen LogP contribution in [0.1, 0.15) is 0 Å². The lowest BCUT2D eigenvalue weighted by Gasteiger charge is -2.14. The zero-order chi connectivity index (χ0) is 11.3. The van der Waals surface area contributed by atoms with Gasteiger partial charge in [-0.25, -0.2) is 8.78 Å². The quantitative estimate of drug-likeness (QED) is 0.707. The van der Waals surface area contributed by atoms with Gasteiger partial charge in [0.05, 0.1) is 0 Å². The summed E-state index contributed by atoms with van der Waals surface area (Å²) in [6.07, 6.45) is -0.649. The molecule has 0 saturated carbocycles. The van der Waals surface area contributed by atoms with Crippen molar-refractivity contribution in [1.82, 2.24) is 0 Å². The minimum atomic E-state index is -0.749. The van der Waals surface area contributed by atoms with E-state index in [1.165, 1.54) is 20.3 Å². The lowest BCUT2D eigenvalue weighted by atomic mass is 10.3. The summed E-state index contributed by atoms with van der Waals surface area (Å²) >= 11 is 0. The fourth-order valence-corrected chi connectivity index (χ4v) is 1.00. The predicted octanol–water partition coefficient (Wildman–Crippen LogP) is 1.96. The molecule has 0 radical (unpaired) electrons. The minimum absolute atomic E-state index is 0.0785. The smallest absolute Gasteiger partial charge is 0.191 e. The SMILES string of the molecule is COC(COc1c(F)cccc1F)OC. The molecule has 0 spiro atoms. The Bertz CT molecular complexity index is 293. The van der Waals surface area contributed by atoms with Crippen molar-refractivity contribution in [3.8, 4) is 5.75 Å². The molecule has 84 valence electrons. The Morgan fingerprint density at radius 1 is 1.13 bits per heavy atom. The number of methoxy groups -OCH3 is 2. The van der Waals surface area contributed by atoms with Gasteiger partial charge in [-0.15, -0.1) is 0 Å². The Labute approximate surface area is 86.6 Å². The minimum Gasteiger partial charge on any atom is -0.482 e. The molecule has 0 aliphatic rings. The van der Waals surface area contributed by atoms with Gasteiger partial charge in [-0.05, 0) is 12.1 Å². The van der Waals surface area contributed by atoms with Crippen molar-refractivity contribution in [3.05, 3.63) is 29.8 Å². The van der Waals surface area contributed by atoms with Gasteiger partial charge < -0.3 is 14.2 Å². The molecular weight excluding hydrogens is 206 g/mol. The van der Waals surface area contributed by atoms with Crippen LogP contribution < -0.4 is 4.74 Å². The Balaban J connectivity index is 2.64. The molecule has 5 heteroatoms. The second-order valence-electron chi connectivity index (χ2n) is 2.76. The van der Waals surface area contributed by atoms with Gasteiger partial charge >= 0.3 is 0 Å². The number of halogens is 2. The molecule has 0 saturated heterocycles. The molecule has 15 heavy (non-hydrogen) atoms. The van der Waals surface area contributed by atoms with Crippen LogP contribution in [-0.2, 0) is 9.47 Å². The molecule has 0 heterocycles. The highest BCUT2D eigenvalue weighted by Crippen LogP contribution is 2.20. The number of ether oxygens (including phenoxy) is 3. The Kier molecular flexibility index (Phi) is 4.45. The number of hydrogen-bond donors (Lipinski definition) is 0. The summed E-state index contributed by atoms with van der Waals surface area (Å²) in [4.78, 5) is 0. The molecule has 0 bridgehead atoms. The standard InChI is InChI=1S/C10H12F2O3/c1-13-9(14-2)6-15-10-7(11)4-3-5-8(10)12/h3-5,9H,6H2,1-2H3. The van der Waals surface area contributed by atoms with E-state index >= 15 is 0 Å². The van der Waals surface area contributed by atoms with Gasteiger partial charge in [0.25, 0.3) is 0 Å². The third kappa shape index (κ3) is 3.14. The zero-order valence-corrected chi connectivity index (χ0v) is 8.50. The maximum Gasteiger partial charge on any atom is 0.191 e. The molecule has 0 atom stereocenters. The summed E-state index contributed by atoms with van der Waals surface area (Å²) < 4.78 is 40.7. The number of para-hydroxylation sites is 1. The normalized spacial score (nSPS) is 10.7. The second kappa shape index (κ2) is 5.63. The summed E-state index contributed by atoms with van der Waals surface area (Å²) in [5.41, 5.74) is 0. The lowest BCUT2D eigenvalue weighted by molar-refractivity contribution is -0.122. The first-order valence-electron chi connectivity index (χ1n) is 4.31. The van der Waals surface area contributed by atoms with Crippen molar-refractivity contribution in [1.29, 1.82) is 0 Å². The van der Waals surface area contributed by atoms with Crippen LogP contribution in [0.15, 0.2) is 18.2 Å². The fourth-order valence-electron chi connectivity index (χ4n) is 1.00. The van der Waals surface area contributed by atoms with Gasteiger partial charge in [-0.2, -0.15) is 0 Å². The van der Waals surface area contributed by atoms with Crippen LogP contribution >= 0.6 is 0 Å². The molecule has 3 nitrogen and oxygen atoms in total. The van der Waals surface area contributed by atoms with Gasteiger partial charge in [0.15, 0.2) is 23.7 Å².